The molecule has 2 rings (SSSR count). The van der Waals surface area contributed by atoms with Gasteiger partial charge in [0.2, 0.25) is 5.60 Å². The number of halogens is 1. The van der Waals surface area contributed by atoms with Crippen LogP contribution in [0, 0.1) is 0 Å². The number of benzene rings is 1. The van der Waals surface area contributed by atoms with Gasteiger partial charge in [-0.3, -0.25) is 4.79 Å². The van der Waals surface area contributed by atoms with Gasteiger partial charge in [-0.15, -0.1) is 0 Å². The highest BCUT2D eigenvalue weighted by Crippen LogP contribution is 2.29. The Labute approximate surface area is 136 Å². The Hall–Kier alpha value is -1.59. The molecule has 120 valence electrons. The van der Waals surface area contributed by atoms with Gasteiger partial charge in [-0.05, 0) is 40.1 Å². The molecule has 0 aliphatic carbocycles. The standard InChI is InChI=1S/C16H22ClN3O2/c1-16(15(21)18-9-6-10-20(2)3)11-14(19-22-16)12-7-4-5-8-13(12)17/h4-5,7-8H,6,9-11H2,1-3H3,(H,18,21)/t16-/m1/s1. The Balaban J connectivity index is 1.91. The molecule has 0 bridgehead atoms. The van der Waals surface area contributed by atoms with Crippen molar-refractivity contribution in [2.75, 3.05) is 27.2 Å². The van der Waals surface area contributed by atoms with E-state index in [1.165, 1.54) is 0 Å². The third-order valence-electron chi connectivity index (χ3n) is 3.59. The summed E-state index contributed by atoms with van der Waals surface area (Å²) in [5.41, 5.74) is 0.553. The lowest BCUT2D eigenvalue weighted by Crippen LogP contribution is -2.45. The van der Waals surface area contributed by atoms with Gasteiger partial charge in [0.15, 0.2) is 0 Å². The Kier molecular flexibility index (Phi) is 5.42. The molecule has 1 atom stereocenters. The third kappa shape index (κ3) is 3.99. The topological polar surface area (TPSA) is 53.9 Å². The van der Waals surface area contributed by atoms with Crippen LogP contribution < -0.4 is 5.32 Å². The quantitative estimate of drug-likeness (QED) is 0.817. The zero-order valence-corrected chi connectivity index (χ0v) is 14.0. The Morgan fingerprint density at radius 2 is 2.18 bits per heavy atom. The van der Waals surface area contributed by atoms with Crippen LogP contribution in [0.4, 0.5) is 0 Å². The lowest BCUT2D eigenvalue weighted by Gasteiger charge is -2.20. The molecule has 1 amide bonds. The van der Waals surface area contributed by atoms with Crippen molar-refractivity contribution in [2.24, 2.45) is 5.16 Å². The van der Waals surface area contributed by atoms with Crippen LogP contribution in [0.15, 0.2) is 29.4 Å². The minimum Gasteiger partial charge on any atom is -0.379 e. The predicted molar refractivity (Wildman–Crippen MR) is 88.3 cm³/mol. The van der Waals surface area contributed by atoms with E-state index in [0.29, 0.717) is 23.7 Å². The van der Waals surface area contributed by atoms with Gasteiger partial charge >= 0.3 is 0 Å². The summed E-state index contributed by atoms with van der Waals surface area (Å²) in [4.78, 5) is 19.8. The van der Waals surface area contributed by atoms with Crippen molar-refractivity contribution >= 4 is 23.2 Å². The highest BCUT2D eigenvalue weighted by atomic mass is 35.5. The molecule has 6 heteroatoms. The van der Waals surface area contributed by atoms with E-state index in [0.717, 1.165) is 18.5 Å². The van der Waals surface area contributed by atoms with E-state index in [1.54, 1.807) is 13.0 Å². The first-order valence-corrected chi connectivity index (χ1v) is 7.73. The molecule has 0 spiro atoms. The Morgan fingerprint density at radius 1 is 1.45 bits per heavy atom. The summed E-state index contributed by atoms with van der Waals surface area (Å²) < 4.78 is 0. The van der Waals surface area contributed by atoms with E-state index >= 15 is 0 Å². The maximum Gasteiger partial charge on any atom is 0.267 e. The second-order valence-corrected chi connectivity index (χ2v) is 6.34. The molecular formula is C16H22ClN3O2. The molecular weight excluding hydrogens is 302 g/mol. The largest absolute Gasteiger partial charge is 0.379 e. The number of carbonyl (C=O) groups excluding carboxylic acids is 1. The second kappa shape index (κ2) is 7.11. The summed E-state index contributed by atoms with van der Waals surface area (Å²) in [6.45, 7) is 3.30. The number of amides is 1. The molecule has 1 N–H and O–H groups in total. The normalized spacial score (nSPS) is 20.7. The van der Waals surface area contributed by atoms with Crippen molar-refractivity contribution in [3.8, 4) is 0 Å². The van der Waals surface area contributed by atoms with E-state index < -0.39 is 5.60 Å². The van der Waals surface area contributed by atoms with Crippen molar-refractivity contribution in [3.63, 3.8) is 0 Å². The molecule has 0 saturated carbocycles. The Bertz CT molecular complexity index is 574. The maximum atomic E-state index is 12.3. The monoisotopic (exact) mass is 323 g/mol. The zero-order valence-electron chi connectivity index (χ0n) is 13.2. The molecule has 0 aromatic heterocycles. The van der Waals surface area contributed by atoms with Crippen molar-refractivity contribution < 1.29 is 9.63 Å². The Morgan fingerprint density at radius 3 is 2.86 bits per heavy atom. The van der Waals surface area contributed by atoms with Crippen LogP contribution in [0.5, 0.6) is 0 Å². The fourth-order valence-corrected chi connectivity index (χ4v) is 2.53. The number of nitrogens with one attached hydrogen (secondary N) is 1. The number of hydrogen-bond donors (Lipinski definition) is 1. The van der Waals surface area contributed by atoms with Gasteiger partial charge in [-0.1, -0.05) is 35.0 Å². The number of oxime groups is 1. The van der Waals surface area contributed by atoms with Gasteiger partial charge < -0.3 is 15.1 Å². The molecule has 1 aliphatic heterocycles. The van der Waals surface area contributed by atoms with Crippen molar-refractivity contribution in [1.82, 2.24) is 10.2 Å². The highest BCUT2D eigenvalue weighted by molar-refractivity contribution is 6.34. The van der Waals surface area contributed by atoms with E-state index in [-0.39, 0.29) is 5.91 Å². The first kappa shape index (κ1) is 16.8. The zero-order chi connectivity index (χ0) is 16.2. The lowest BCUT2D eigenvalue weighted by molar-refractivity contribution is -0.141. The summed E-state index contributed by atoms with van der Waals surface area (Å²) in [7, 11) is 4.01. The first-order chi connectivity index (χ1) is 10.4. The van der Waals surface area contributed by atoms with Gasteiger partial charge in [-0.25, -0.2) is 0 Å². The summed E-state index contributed by atoms with van der Waals surface area (Å²) in [5.74, 6) is -0.142. The number of carbonyl (C=O) groups is 1. The lowest BCUT2D eigenvalue weighted by atomic mass is 9.95. The first-order valence-electron chi connectivity index (χ1n) is 7.35. The van der Waals surface area contributed by atoms with Crippen LogP contribution in [0.2, 0.25) is 5.02 Å². The summed E-state index contributed by atoms with van der Waals surface area (Å²) in [5, 5.41) is 7.58. The van der Waals surface area contributed by atoms with E-state index in [1.807, 2.05) is 32.3 Å². The van der Waals surface area contributed by atoms with E-state index in [4.69, 9.17) is 16.4 Å². The molecule has 22 heavy (non-hydrogen) atoms. The summed E-state index contributed by atoms with van der Waals surface area (Å²) in [6.07, 6.45) is 1.31. The van der Waals surface area contributed by atoms with Crippen LogP contribution in [0.1, 0.15) is 25.3 Å². The van der Waals surface area contributed by atoms with E-state index in [2.05, 4.69) is 15.4 Å². The predicted octanol–water partition coefficient (Wildman–Crippen LogP) is 2.29. The molecule has 1 heterocycles. The molecule has 0 fully saturated rings. The van der Waals surface area contributed by atoms with Gasteiger partial charge in [-0.2, -0.15) is 0 Å². The molecule has 1 aromatic carbocycles. The minimum atomic E-state index is -0.966. The van der Waals surface area contributed by atoms with Gasteiger partial charge in [0.05, 0.1) is 5.71 Å². The molecule has 1 aliphatic rings. The molecule has 5 nitrogen and oxygen atoms in total. The van der Waals surface area contributed by atoms with E-state index in [9.17, 15) is 4.79 Å². The average Bonchev–Trinajstić information content (AvgIpc) is 2.87. The third-order valence-corrected chi connectivity index (χ3v) is 3.92. The average molecular weight is 324 g/mol. The van der Waals surface area contributed by atoms with Crippen molar-refractivity contribution in [2.45, 2.75) is 25.4 Å². The SMILES string of the molecule is CN(C)CCCNC(=O)[C@@]1(C)CC(c2ccccc2Cl)=NO1. The maximum absolute atomic E-state index is 12.3. The van der Waals surface area contributed by atoms with Crippen LogP contribution in [0.25, 0.3) is 0 Å². The minimum absolute atomic E-state index is 0.142. The van der Waals surface area contributed by atoms with Crippen molar-refractivity contribution in [3.05, 3.63) is 34.9 Å². The van der Waals surface area contributed by atoms with Crippen LogP contribution in [0.3, 0.4) is 0 Å². The van der Waals surface area contributed by atoms with Crippen LogP contribution >= 0.6 is 11.6 Å². The second-order valence-electron chi connectivity index (χ2n) is 5.93. The van der Waals surface area contributed by atoms with Gasteiger partial charge in [0.25, 0.3) is 5.91 Å². The van der Waals surface area contributed by atoms with Crippen LogP contribution in [-0.2, 0) is 9.63 Å². The molecule has 0 radical (unpaired) electrons. The van der Waals surface area contributed by atoms with Crippen molar-refractivity contribution in [1.29, 1.82) is 0 Å². The number of nitrogens with zero attached hydrogens (tertiary/aromatic N) is 2. The van der Waals surface area contributed by atoms with Crippen LogP contribution in [-0.4, -0.2) is 49.3 Å². The van der Waals surface area contributed by atoms with Gasteiger partial charge in [0.1, 0.15) is 0 Å². The molecule has 0 saturated heterocycles. The summed E-state index contributed by atoms with van der Waals surface area (Å²) >= 11 is 6.17. The smallest absolute Gasteiger partial charge is 0.267 e. The molecule has 0 unspecified atom stereocenters. The number of rotatable bonds is 6. The fourth-order valence-electron chi connectivity index (χ4n) is 2.29. The fraction of sp³-hybridized carbons (Fsp3) is 0.500. The van der Waals surface area contributed by atoms with Gasteiger partial charge in [0, 0.05) is 23.6 Å². The molecule has 1 aromatic rings. The summed E-state index contributed by atoms with van der Waals surface area (Å²) in [6, 6.07) is 7.43. The highest BCUT2D eigenvalue weighted by Gasteiger charge is 2.42. The number of hydrogen-bond acceptors (Lipinski definition) is 4.